The van der Waals surface area contributed by atoms with Gasteiger partial charge in [0, 0.05) is 26.5 Å². The standard InChI is InChI=1S/C10H19NO5/c1-16-7-8(12)6-11-9(13)4-2-3-5-10(14)15/h8,12H,2-7H2,1H3,(H,11,13)(H,14,15). The van der Waals surface area contributed by atoms with Crippen LogP contribution >= 0.6 is 0 Å². The van der Waals surface area contributed by atoms with Crippen molar-refractivity contribution in [2.75, 3.05) is 20.3 Å². The number of aliphatic hydroxyl groups is 1. The van der Waals surface area contributed by atoms with Crippen molar-refractivity contribution in [1.82, 2.24) is 5.32 Å². The number of amides is 1. The molecule has 6 heteroatoms. The van der Waals surface area contributed by atoms with Crippen molar-refractivity contribution in [3.05, 3.63) is 0 Å². The number of rotatable bonds is 9. The lowest BCUT2D eigenvalue weighted by molar-refractivity contribution is -0.137. The number of hydrogen-bond acceptors (Lipinski definition) is 4. The molecule has 0 saturated heterocycles. The number of ether oxygens (including phenoxy) is 1. The van der Waals surface area contributed by atoms with Gasteiger partial charge in [0.1, 0.15) is 0 Å². The van der Waals surface area contributed by atoms with Crippen molar-refractivity contribution in [2.24, 2.45) is 0 Å². The zero-order valence-electron chi connectivity index (χ0n) is 9.44. The Bertz CT molecular complexity index is 219. The molecule has 0 aliphatic carbocycles. The highest BCUT2D eigenvalue weighted by Crippen LogP contribution is 1.99. The summed E-state index contributed by atoms with van der Waals surface area (Å²) < 4.78 is 4.69. The van der Waals surface area contributed by atoms with Crippen molar-refractivity contribution < 1.29 is 24.5 Å². The topological polar surface area (TPSA) is 95.9 Å². The normalized spacial score (nSPS) is 12.1. The van der Waals surface area contributed by atoms with E-state index in [4.69, 9.17) is 9.84 Å². The van der Waals surface area contributed by atoms with E-state index in [-0.39, 0.29) is 31.9 Å². The average Bonchev–Trinajstić information content (AvgIpc) is 2.22. The van der Waals surface area contributed by atoms with Gasteiger partial charge in [-0.3, -0.25) is 9.59 Å². The van der Waals surface area contributed by atoms with Crippen LogP contribution in [0.4, 0.5) is 0 Å². The van der Waals surface area contributed by atoms with E-state index in [1.54, 1.807) is 0 Å². The Hall–Kier alpha value is -1.14. The summed E-state index contributed by atoms with van der Waals surface area (Å²) in [5, 5.41) is 20.1. The Balaban J connectivity index is 3.41. The minimum absolute atomic E-state index is 0.0829. The molecule has 6 nitrogen and oxygen atoms in total. The molecule has 16 heavy (non-hydrogen) atoms. The van der Waals surface area contributed by atoms with E-state index in [0.717, 1.165) is 0 Å². The third-order valence-electron chi connectivity index (χ3n) is 1.94. The van der Waals surface area contributed by atoms with Crippen molar-refractivity contribution >= 4 is 11.9 Å². The molecule has 1 amide bonds. The molecule has 0 aromatic carbocycles. The molecular formula is C10H19NO5. The summed E-state index contributed by atoms with van der Waals surface area (Å²) in [6.45, 7) is 0.338. The zero-order valence-corrected chi connectivity index (χ0v) is 9.44. The van der Waals surface area contributed by atoms with Crippen molar-refractivity contribution in [3.8, 4) is 0 Å². The number of unbranched alkanes of at least 4 members (excludes halogenated alkanes) is 1. The summed E-state index contributed by atoms with van der Waals surface area (Å²) in [5.74, 6) is -1.03. The van der Waals surface area contributed by atoms with Gasteiger partial charge in [0.15, 0.2) is 0 Å². The molecule has 0 rings (SSSR count). The number of nitrogens with one attached hydrogen (secondary N) is 1. The summed E-state index contributed by atoms with van der Waals surface area (Å²) in [4.78, 5) is 21.4. The van der Waals surface area contributed by atoms with Crippen LogP contribution in [0.1, 0.15) is 25.7 Å². The van der Waals surface area contributed by atoms with Gasteiger partial charge in [-0.2, -0.15) is 0 Å². The fraction of sp³-hybridized carbons (Fsp3) is 0.800. The first-order valence-electron chi connectivity index (χ1n) is 5.21. The van der Waals surface area contributed by atoms with Crippen LogP contribution in [0.15, 0.2) is 0 Å². The van der Waals surface area contributed by atoms with Crippen LogP contribution in [0.2, 0.25) is 0 Å². The molecule has 3 N–H and O–H groups in total. The molecule has 0 aliphatic rings. The van der Waals surface area contributed by atoms with Crippen molar-refractivity contribution in [3.63, 3.8) is 0 Å². The quantitative estimate of drug-likeness (QED) is 0.477. The van der Waals surface area contributed by atoms with E-state index in [2.05, 4.69) is 5.32 Å². The third-order valence-corrected chi connectivity index (χ3v) is 1.94. The van der Waals surface area contributed by atoms with E-state index in [0.29, 0.717) is 12.8 Å². The fourth-order valence-electron chi connectivity index (χ4n) is 1.13. The Morgan fingerprint density at radius 1 is 1.31 bits per heavy atom. The van der Waals surface area contributed by atoms with Crippen LogP contribution in [0.5, 0.6) is 0 Å². The molecule has 1 atom stereocenters. The highest BCUT2D eigenvalue weighted by atomic mass is 16.5. The summed E-state index contributed by atoms with van der Waals surface area (Å²) in [7, 11) is 1.47. The Morgan fingerprint density at radius 2 is 1.94 bits per heavy atom. The van der Waals surface area contributed by atoms with Crippen LogP contribution < -0.4 is 5.32 Å². The lowest BCUT2D eigenvalue weighted by Crippen LogP contribution is -2.34. The van der Waals surface area contributed by atoms with Crippen molar-refractivity contribution in [2.45, 2.75) is 31.8 Å². The van der Waals surface area contributed by atoms with Gasteiger partial charge < -0.3 is 20.3 Å². The van der Waals surface area contributed by atoms with Gasteiger partial charge in [-0.15, -0.1) is 0 Å². The number of carboxylic acids is 1. The number of carbonyl (C=O) groups is 2. The highest BCUT2D eigenvalue weighted by Gasteiger charge is 2.06. The summed E-state index contributed by atoms with van der Waals surface area (Å²) in [5.41, 5.74) is 0. The SMILES string of the molecule is COCC(O)CNC(=O)CCCCC(=O)O. The van der Waals surface area contributed by atoms with E-state index in [9.17, 15) is 14.7 Å². The Labute approximate surface area is 94.6 Å². The van der Waals surface area contributed by atoms with Gasteiger partial charge >= 0.3 is 5.97 Å². The maximum absolute atomic E-state index is 11.2. The third kappa shape index (κ3) is 9.42. The van der Waals surface area contributed by atoms with Crippen LogP contribution in [-0.4, -0.2) is 48.5 Å². The fourth-order valence-corrected chi connectivity index (χ4v) is 1.13. The number of carboxylic acid groups (broad SMARTS) is 1. The second kappa shape index (κ2) is 9.11. The van der Waals surface area contributed by atoms with E-state index in [1.165, 1.54) is 7.11 Å². The van der Waals surface area contributed by atoms with Crippen LogP contribution in [-0.2, 0) is 14.3 Å². The molecule has 0 aromatic heterocycles. The summed E-state index contributed by atoms with van der Waals surface area (Å²) in [6, 6.07) is 0. The number of hydrogen-bond donors (Lipinski definition) is 3. The Kier molecular flexibility index (Phi) is 8.46. The lowest BCUT2D eigenvalue weighted by Gasteiger charge is -2.10. The predicted octanol–water partition coefficient (Wildman–Crippen LogP) is -0.245. The first-order valence-corrected chi connectivity index (χ1v) is 5.21. The maximum Gasteiger partial charge on any atom is 0.303 e. The molecule has 0 fully saturated rings. The van der Waals surface area contributed by atoms with Gasteiger partial charge in [-0.05, 0) is 12.8 Å². The number of methoxy groups -OCH3 is 1. The minimum atomic E-state index is -0.851. The molecule has 0 bridgehead atoms. The van der Waals surface area contributed by atoms with Gasteiger partial charge in [0.2, 0.25) is 5.91 Å². The number of aliphatic carboxylic acids is 1. The number of carbonyl (C=O) groups excluding carboxylic acids is 1. The first kappa shape index (κ1) is 14.9. The van der Waals surface area contributed by atoms with Crippen LogP contribution in [0.3, 0.4) is 0 Å². The van der Waals surface area contributed by atoms with Crippen LogP contribution in [0, 0.1) is 0 Å². The second-order valence-electron chi connectivity index (χ2n) is 3.51. The molecule has 0 spiro atoms. The van der Waals surface area contributed by atoms with Gasteiger partial charge in [-0.25, -0.2) is 0 Å². The molecule has 0 radical (unpaired) electrons. The molecule has 0 aromatic rings. The molecule has 0 saturated carbocycles. The van der Waals surface area contributed by atoms with Gasteiger partial charge in [0.05, 0.1) is 12.7 Å². The molecule has 0 aliphatic heterocycles. The first-order chi connectivity index (χ1) is 7.56. The van der Waals surface area contributed by atoms with Crippen LogP contribution in [0.25, 0.3) is 0 Å². The largest absolute Gasteiger partial charge is 0.481 e. The van der Waals surface area contributed by atoms with E-state index >= 15 is 0 Å². The van der Waals surface area contributed by atoms with E-state index in [1.807, 2.05) is 0 Å². The number of aliphatic hydroxyl groups excluding tert-OH is 1. The minimum Gasteiger partial charge on any atom is -0.481 e. The molecule has 1 unspecified atom stereocenters. The smallest absolute Gasteiger partial charge is 0.303 e. The average molecular weight is 233 g/mol. The zero-order chi connectivity index (χ0) is 12.4. The Morgan fingerprint density at radius 3 is 2.50 bits per heavy atom. The lowest BCUT2D eigenvalue weighted by atomic mass is 10.2. The summed E-state index contributed by atoms with van der Waals surface area (Å²) >= 11 is 0. The molecule has 0 heterocycles. The predicted molar refractivity (Wildman–Crippen MR) is 57.0 cm³/mol. The molecule has 94 valence electrons. The van der Waals surface area contributed by atoms with Gasteiger partial charge in [-0.1, -0.05) is 0 Å². The van der Waals surface area contributed by atoms with Crippen molar-refractivity contribution in [1.29, 1.82) is 0 Å². The van der Waals surface area contributed by atoms with E-state index < -0.39 is 12.1 Å². The monoisotopic (exact) mass is 233 g/mol. The summed E-state index contributed by atoms with van der Waals surface area (Å²) in [6.07, 6.45) is 0.696. The maximum atomic E-state index is 11.2. The second-order valence-corrected chi connectivity index (χ2v) is 3.51. The highest BCUT2D eigenvalue weighted by molar-refractivity contribution is 5.75. The molecular weight excluding hydrogens is 214 g/mol. The van der Waals surface area contributed by atoms with Gasteiger partial charge in [0.25, 0.3) is 0 Å².